The van der Waals surface area contributed by atoms with Crippen molar-refractivity contribution >= 4 is 0 Å². The molecule has 3 rings (SSSR count). The van der Waals surface area contributed by atoms with Gasteiger partial charge in [0.15, 0.2) is 0 Å². The van der Waals surface area contributed by atoms with Crippen molar-refractivity contribution < 1.29 is 14.6 Å². The fraction of sp³-hybridized carbons (Fsp3) is 0.538. The second-order valence-electron chi connectivity index (χ2n) is 4.67. The summed E-state index contributed by atoms with van der Waals surface area (Å²) in [6, 6.07) is 5.95. The highest BCUT2D eigenvalue weighted by molar-refractivity contribution is 5.44. The molecule has 17 heavy (non-hydrogen) atoms. The predicted octanol–water partition coefficient (Wildman–Crippen LogP) is 1.59. The van der Waals surface area contributed by atoms with Crippen LogP contribution >= 0.6 is 0 Å². The summed E-state index contributed by atoms with van der Waals surface area (Å²) in [5, 5.41) is 12.9. The summed E-state index contributed by atoms with van der Waals surface area (Å²) in [4.78, 5) is 0. The van der Waals surface area contributed by atoms with Gasteiger partial charge in [-0.25, -0.2) is 0 Å². The lowest BCUT2D eigenvalue weighted by Gasteiger charge is -2.26. The van der Waals surface area contributed by atoms with Gasteiger partial charge in [-0.15, -0.1) is 0 Å². The molecule has 0 aromatic heterocycles. The molecule has 92 valence electrons. The van der Waals surface area contributed by atoms with E-state index in [1.54, 1.807) is 12.1 Å². The Bertz CT molecular complexity index is 402. The maximum Gasteiger partial charge on any atom is 0.127 e. The van der Waals surface area contributed by atoms with Gasteiger partial charge in [0.2, 0.25) is 0 Å². The van der Waals surface area contributed by atoms with Gasteiger partial charge in [-0.2, -0.15) is 0 Å². The molecule has 0 bridgehead atoms. The average Bonchev–Trinajstić information content (AvgIpc) is 2.73. The lowest BCUT2D eigenvalue weighted by atomic mass is 10.0. The van der Waals surface area contributed by atoms with Crippen LogP contribution in [0.3, 0.4) is 0 Å². The minimum absolute atomic E-state index is 0.220. The van der Waals surface area contributed by atoms with E-state index in [4.69, 9.17) is 9.47 Å². The zero-order valence-corrected chi connectivity index (χ0v) is 9.69. The Labute approximate surface area is 101 Å². The van der Waals surface area contributed by atoms with Gasteiger partial charge >= 0.3 is 0 Å². The van der Waals surface area contributed by atoms with Crippen LogP contribution in [0.1, 0.15) is 24.4 Å². The highest BCUT2D eigenvalue weighted by atomic mass is 16.5. The van der Waals surface area contributed by atoms with E-state index >= 15 is 0 Å². The van der Waals surface area contributed by atoms with Gasteiger partial charge in [0, 0.05) is 24.3 Å². The lowest BCUT2D eigenvalue weighted by molar-refractivity contribution is 0.0651. The fourth-order valence-corrected chi connectivity index (χ4v) is 2.49. The van der Waals surface area contributed by atoms with Gasteiger partial charge in [0.05, 0.1) is 12.6 Å². The largest absolute Gasteiger partial charge is 0.508 e. The van der Waals surface area contributed by atoms with E-state index in [-0.39, 0.29) is 11.8 Å². The lowest BCUT2D eigenvalue weighted by Crippen LogP contribution is -2.39. The Hall–Kier alpha value is -1.26. The third-order valence-electron chi connectivity index (χ3n) is 3.38. The minimum Gasteiger partial charge on any atom is -0.508 e. The molecule has 2 aliphatic heterocycles. The molecule has 1 fully saturated rings. The molecular weight excluding hydrogens is 218 g/mol. The molecule has 2 N–H and O–H groups in total. The summed E-state index contributed by atoms with van der Waals surface area (Å²) >= 11 is 0. The van der Waals surface area contributed by atoms with Gasteiger partial charge in [0.1, 0.15) is 18.1 Å². The SMILES string of the molecule is Oc1ccc2c(c1)OCC2NC1CCCOC1. The van der Waals surface area contributed by atoms with Crippen LogP contribution in [-0.2, 0) is 4.74 Å². The van der Waals surface area contributed by atoms with Crippen molar-refractivity contribution in [3.05, 3.63) is 23.8 Å². The van der Waals surface area contributed by atoms with Gasteiger partial charge in [-0.05, 0) is 25.0 Å². The van der Waals surface area contributed by atoms with Crippen molar-refractivity contribution in [3.8, 4) is 11.5 Å². The number of fused-ring (bicyclic) bond motifs is 1. The van der Waals surface area contributed by atoms with Crippen molar-refractivity contribution in [1.82, 2.24) is 5.32 Å². The van der Waals surface area contributed by atoms with E-state index in [0.29, 0.717) is 12.6 Å². The van der Waals surface area contributed by atoms with Crippen LogP contribution in [-0.4, -0.2) is 31.0 Å². The van der Waals surface area contributed by atoms with Crippen LogP contribution in [0, 0.1) is 0 Å². The number of phenolic OH excluding ortho intramolecular Hbond substituents is 1. The first-order chi connectivity index (χ1) is 8.33. The van der Waals surface area contributed by atoms with Gasteiger partial charge in [-0.1, -0.05) is 0 Å². The van der Waals surface area contributed by atoms with Crippen LogP contribution in [0.15, 0.2) is 18.2 Å². The zero-order chi connectivity index (χ0) is 11.7. The third kappa shape index (κ3) is 2.23. The number of rotatable bonds is 2. The molecule has 0 saturated carbocycles. The summed E-state index contributed by atoms with van der Waals surface area (Å²) in [6.45, 7) is 2.29. The number of nitrogens with one attached hydrogen (secondary N) is 1. The van der Waals surface area contributed by atoms with E-state index in [2.05, 4.69) is 5.32 Å². The molecule has 4 heteroatoms. The normalized spacial score (nSPS) is 27.5. The molecule has 2 atom stereocenters. The molecule has 4 nitrogen and oxygen atoms in total. The number of phenols is 1. The van der Waals surface area contributed by atoms with Crippen LogP contribution < -0.4 is 10.1 Å². The number of aromatic hydroxyl groups is 1. The fourth-order valence-electron chi connectivity index (χ4n) is 2.49. The summed E-state index contributed by atoms with van der Waals surface area (Å²) in [5.41, 5.74) is 1.13. The quantitative estimate of drug-likeness (QED) is 0.817. The minimum atomic E-state index is 0.220. The van der Waals surface area contributed by atoms with Crippen molar-refractivity contribution in [2.45, 2.75) is 24.9 Å². The first-order valence-corrected chi connectivity index (χ1v) is 6.12. The van der Waals surface area contributed by atoms with Crippen molar-refractivity contribution in [2.75, 3.05) is 19.8 Å². The third-order valence-corrected chi connectivity index (χ3v) is 3.38. The van der Waals surface area contributed by atoms with Crippen LogP contribution in [0.5, 0.6) is 11.5 Å². The molecule has 1 saturated heterocycles. The summed E-state index contributed by atoms with van der Waals surface area (Å²) in [7, 11) is 0. The first-order valence-electron chi connectivity index (χ1n) is 6.12. The van der Waals surface area contributed by atoms with E-state index in [0.717, 1.165) is 37.4 Å². The Balaban J connectivity index is 1.70. The molecule has 0 aliphatic carbocycles. The Morgan fingerprint density at radius 1 is 1.29 bits per heavy atom. The highest BCUT2D eigenvalue weighted by Gasteiger charge is 2.27. The van der Waals surface area contributed by atoms with Gasteiger partial charge < -0.3 is 19.9 Å². The maximum atomic E-state index is 9.38. The summed E-state index contributed by atoms with van der Waals surface area (Å²) < 4.78 is 11.0. The van der Waals surface area contributed by atoms with Crippen LogP contribution in [0.4, 0.5) is 0 Å². The molecule has 2 heterocycles. The van der Waals surface area contributed by atoms with E-state index < -0.39 is 0 Å². The molecular formula is C13H17NO3. The molecule has 2 aliphatic rings. The van der Waals surface area contributed by atoms with Crippen molar-refractivity contribution in [2.24, 2.45) is 0 Å². The second-order valence-corrected chi connectivity index (χ2v) is 4.67. The number of ether oxygens (including phenoxy) is 2. The monoisotopic (exact) mass is 235 g/mol. The Morgan fingerprint density at radius 3 is 3.06 bits per heavy atom. The zero-order valence-electron chi connectivity index (χ0n) is 9.69. The highest BCUT2D eigenvalue weighted by Crippen LogP contribution is 2.35. The Morgan fingerprint density at radius 2 is 2.24 bits per heavy atom. The molecule has 0 radical (unpaired) electrons. The van der Waals surface area contributed by atoms with E-state index in [1.165, 1.54) is 0 Å². The van der Waals surface area contributed by atoms with Crippen LogP contribution in [0.25, 0.3) is 0 Å². The average molecular weight is 235 g/mol. The molecule has 0 amide bonds. The number of hydrogen-bond donors (Lipinski definition) is 2. The number of benzene rings is 1. The van der Waals surface area contributed by atoms with Crippen LogP contribution in [0.2, 0.25) is 0 Å². The number of hydrogen-bond acceptors (Lipinski definition) is 4. The predicted molar refractivity (Wildman–Crippen MR) is 63.3 cm³/mol. The van der Waals surface area contributed by atoms with Crippen molar-refractivity contribution in [1.29, 1.82) is 0 Å². The summed E-state index contributed by atoms with van der Waals surface area (Å²) in [6.07, 6.45) is 2.28. The molecule has 1 aromatic carbocycles. The molecule has 0 spiro atoms. The summed E-state index contributed by atoms with van der Waals surface area (Å²) in [5.74, 6) is 1.05. The topological polar surface area (TPSA) is 50.7 Å². The molecule has 2 unspecified atom stereocenters. The van der Waals surface area contributed by atoms with E-state index in [9.17, 15) is 5.11 Å². The second kappa shape index (κ2) is 4.55. The van der Waals surface area contributed by atoms with Crippen molar-refractivity contribution in [3.63, 3.8) is 0 Å². The maximum absolute atomic E-state index is 9.38. The molecule has 1 aromatic rings. The van der Waals surface area contributed by atoms with Gasteiger partial charge in [0.25, 0.3) is 0 Å². The van der Waals surface area contributed by atoms with Gasteiger partial charge in [-0.3, -0.25) is 0 Å². The smallest absolute Gasteiger partial charge is 0.127 e. The first kappa shape index (κ1) is 10.9. The Kier molecular flexibility index (Phi) is 2.91. The standard InChI is InChI=1S/C13H17NO3/c15-10-3-4-11-12(8-17-13(11)6-10)14-9-2-1-5-16-7-9/h3-4,6,9,12,14-15H,1-2,5,7-8H2. The van der Waals surface area contributed by atoms with E-state index in [1.807, 2.05) is 6.07 Å².